The van der Waals surface area contributed by atoms with Gasteiger partial charge in [0.05, 0.1) is 0 Å². The van der Waals surface area contributed by atoms with E-state index < -0.39 is 5.97 Å². The summed E-state index contributed by atoms with van der Waals surface area (Å²) in [6.07, 6.45) is 0.634. The van der Waals surface area contributed by atoms with Crippen molar-refractivity contribution < 1.29 is 14.3 Å². The van der Waals surface area contributed by atoms with Crippen LogP contribution in [-0.2, 0) is 13.5 Å². The van der Waals surface area contributed by atoms with E-state index in [0.29, 0.717) is 12.1 Å². The molecule has 0 radical (unpaired) electrons. The Morgan fingerprint density at radius 2 is 1.95 bits per heavy atom. The van der Waals surface area contributed by atoms with Gasteiger partial charge in [-0.1, -0.05) is 12.1 Å². The topological polar surface area (TPSA) is 55.1 Å². The van der Waals surface area contributed by atoms with Crippen LogP contribution < -0.4 is 0 Å². The number of hydrogen-bond donors (Lipinski definition) is 1. The summed E-state index contributed by atoms with van der Waals surface area (Å²) >= 11 is 0. The Kier molecular flexibility index (Phi) is 3.17. The molecule has 2 aromatic heterocycles. The van der Waals surface area contributed by atoms with E-state index in [1.165, 1.54) is 18.2 Å². The van der Waals surface area contributed by atoms with Crippen molar-refractivity contribution in [2.45, 2.75) is 6.42 Å². The van der Waals surface area contributed by atoms with Crippen LogP contribution in [-0.4, -0.2) is 20.6 Å². The van der Waals surface area contributed by atoms with Crippen molar-refractivity contribution in [3.05, 3.63) is 65.2 Å². The summed E-state index contributed by atoms with van der Waals surface area (Å²) < 4.78 is 14.8. The molecule has 5 heteroatoms. The Balaban J connectivity index is 2.01. The fraction of sp³-hybridized carbons (Fsp3) is 0.125. The number of halogens is 1. The molecule has 0 bridgehead atoms. The summed E-state index contributed by atoms with van der Waals surface area (Å²) in [5, 5.41) is 9.88. The van der Waals surface area contributed by atoms with E-state index in [9.17, 15) is 9.18 Å². The van der Waals surface area contributed by atoms with E-state index in [4.69, 9.17) is 5.11 Å². The number of carboxylic acids is 1. The molecule has 0 fully saturated rings. The lowest BCUT2D eigenvalue weighted by Gasteiger charge is -2.04. The zero-order valence-electron chi connectivity index (χ0n) is 11.4. The van der Waals surface area contributed by atoms with Gasteiger partial charge in [-0.15, -0.1) is 0 Å². The number of nitrogens with zero attached hydrogens (tertiary/aromatic N) is 2. The molecular formula is C16H13FN2O2. The number of carbonyl (C=O) groups is 1. The highest BCUT2D eigenvalue weighted by Crippen LogP contribution is 2.20. The van der Waals surface area contributed by atoms with E-state index in [-0.39, 0.29) is 11.5 Å². The van der Waals surface area contributed by atoms with Gasteiger partial charge >= 0.3 is 5.97 Å². The van der Waals surface area contributed by atoms with E-state index >= 15 is 0 Å². The van der Waals surface area contributed by atoms with Crippen LogP contribution in [0.1, 0.15) is 21.7 Å². The Morgan fingerprint density at radius 3 is 2.62 bits per heavy atom. The highest BCUT2D eigenvalue weighted by Gasteiger charge is 2.11. The quantitative estimate of drug-likeness (QED) is 0.804. The molecule has 0 amide bonds. The Labute approximate surface area is 120 Å². The standard InChI is InChI=1S/C16H13FN2O2/c1-19-13(8-10-2-5-12(17)6-3-10)9-11-4-7-14(16(20)21)18-15(11)19/h2-7,9H,8H2,1H3,(H,20,21). The van der Waals surface area contributed by atoms with Gasteiger partial charge in [-0.05, 0) is 35.9 Å². The van der Waals surface area contributed by atoms with Crippen LogP contribution >= 0.6 is 0 Å². The minimum atomic E-state index is -1.04. The summed E-state index contributed by atoms with van der Waals surface area (Å²) in [6.45, 7) is 0. The molecule has 106 valence electrons. The SMILES string of the molecule is Cn1c(Cc2ccc(F)cc2)cc2ccc(C(=O)O)nc21. The average Bonchev–Trinajstić information content (AvgIpc) is 2.77. The largest absolute Gasteiger partial charge is 0.477 e. The predicted octanol–water partition coefficient (Wildman–Crippen LogP) is 3.00. The van der Waals surface area contributed by atoms with Crippen molar-refractivity contribution in [2.24, 2.45) is 7.05 Å². The third-order valence-corrected chi connectivity index (χ3v) is 3.49. The first-order chi connectivity index (χ1) is 10.0. The van der Waals surface area contributed by atoms with Crippen molar-refractivity contribution in [2.75, 3.05) is 0 Å². The Bertz CT molecular complexity index is 822. The van der Waals surface area contributed by atoms with Crippen molar-refractivity contribution in [3.63, 3.8) is 0 Å². The normalized spacial score (nSPS) is 11.0. The second-order valence-electron chi connectivity index (χ2n) is 4.91. The van der Waals surface area contributed by atoms with Crippen LogP contribution in [0.3, 0.4) is 0 Å². The molecular weight excluding hydrogens is 271 g/mol. The van der Waals surface area contributed by atoms with Gasteiger partial charge in [0, 0.05) is 24.5 Å². The molecule has 0 saturated carbocycles. The summed E-state index contributed by atoms with van der Waals surface area (Å²) in [4.78, 5) is 15.1. The molecule has 2 heterocycles. The van der Waals surface area contributed by atoms with E-state index in [1.54, 1.807) is 18.2 Å². The fourth-order valence-corrected chi connectivity index (χ4v) is 2.35. The van der Waals surface area contributed by atoms with Crippen LogP contribution in [0.4, 0.5) is 4.39 Å². The minimum Gasteiger partial charge on any atom is -0.477 e. The number of aromatic carboxylic acids is 1. The monoisotopic (exact) mass is 284 g/mol. The third kappa shape index (κ3) is 2.50. The van der Waals surface area contributed by atoms with Crippen molar-refractivity contribution in [3.8, 4) is 0 Å². The second kappa shape index (κ2) is 5.01. The fourth-order valence-electron chi connectivity index (χ4n) is 2.35. The molecule has 0 aliphatic rings. The van der Waals surface area contributed by atoms with E-state index in [0.717, 1.165) is 16.6 Å². The van der Waals surface area contributed by atoms with Gasteiger partial charge < -0.3 is 9.67 Å². The van der Waals surface area contributed by atoms with Gasteiger partial charge in [0.1, 0.15) is 11.5 Å². The van der Waals surface area contributed by atoms with Gasteiger partial charge in [0.2, 0.25) is 0 Å². The summed E-state index contributed by atoms with van der Waals surface area (Å²) in [5.41, 5.74) is 2.64. The molecule has 4 nitrogen and oxygen atoms in total. The Hall–Kier alpha value is -2.69. The maximum Gasteiger partial charge on any atom is 0.354 e. The number of aromatic nitrogens is 2. The highest BCUT2D eigenvalue weighted by molar-refractivity contribution is 5.89. The van der Waals surface area contributed by atoms with Gasteiger partial charge in [0.25, 0.3) is 0 Å². The number of carboxylic acid groups (broad SMARTS) is 1. The van der Waals surface area contributed by atoms with Crippen LogP contribution in [0.2, 0.25) is 0 Å². The molecule has 0 saturated heterocycles. The van der Waals surface area contributed by atoms with E-state index in [2.05, 4.69) is 4.98 Å². The molecule has 1 N–H and O–H groups in total. The van der Waals surface area contributed by atoms with Crippen molar-refractivity contribution >= 4 is 17.0 Å². The minimum absolute atomic E-state index is 0.0250. The van der Waals surface area contributed by atoms with Crippen LogP contribution in [0.15, 0.2) is 42.5 Å². The summed E-state index contributed by atoms with van der Waals surface area (Å²) in [7, 11) is 1.85. The van der Waals surface area contributed by atoms with Crippen LogP contribution in [0, 0.1) is 5.82 Å². The molecule has 0 aliphatic heterocycles. The Morgan fingerprint density at radius 1 is 1.24 bits per heavy atom. The summed E-state index contributed by atoms with van der Waals surface area (Å²) in [5.74, 6) is -1.30. The first kappa shape index (κ1) is 13.3. The molecule has 1 aromatic carbocycles. The number of hydrogen-bond acceptors (Lipinski definition) is 2. The van der Waals surface area contributed by atoms with Gasteiger partial charge in [-0.3, -0.25) is 0 Å². The lowest BCUT2D eigenvalue weighted by molar-refractivity contribution is 0.0691. The molecule has 3 rings (SSSR count). The molecule has 0 aliphatic carbocycles. The van der Waals surface area contributed by atoms with E-state index in [1.807, 2.05) is 17.7 Å². The lowest BCUT2D eigenvalue weighted by atomic mass is 10.1. The molecule has 21 heavy (non-hydrogen) atoms. The first-order valence-electron chi connectivity index (χ1n) is 6.47. The number of rotatable bonds is 3. The predicted molar refractivity (Wildman–Crippen MR) is 76.9 cm³/mol. The number of aryl methyl sites for hydroxylation is 1. The van der Waals surface area contributed by atoms with Crippen molar-refractivity contribution in [1.82, 2.24) is 9.55 Å². The van der Waals surface area contributed by atoms with Gasteiger partial charge in [-0.2, -0.15) is 0 Å². The van der Waals surface area contributed by atoms with Gasteiger partial charge in [0.15, 0.2) is 5.69 Å². The van der Waals surface area contributed by atoms with Crippen LogP contribution in [0.5, 0.6) is 0 Å². The first-order valence-corrected chi connectivity index (χ1v) is 6.47. The smallest absolute Gasteiger partial charge is 0.354 e. The maximum absolute atomic E-state index is 12.9. The molecule has 0 unspecified atom stereocenters. The number of pyridine rings is 1. The van der Waals surface area contributed by atoms with Crippen LogP contribution in [0.25, 0.3) is 11.0 Å². The molecule has 0 atom stereocenters. The molecule has 0 spiro atoms. The summed E-state index contributed by atoms with van der Waals surface area (Å²) in [6, 6.07) is 11.5. The second-order valence-corrected chi connectivity index (χ2v) is 4.91. The van der Waals surface area contributed by atoms with Gasteiger partial charge in [-0.25, -0.2) is 14.2 Å². The zero-order chi connectivity index (χ0) is 15.0. The lowest BCUT2D eigenvalue weighted by Crippen LogP contribution is -2.03. The highest BCUT2D eigenvalue weighted by atomic mass is 19.1. The average molecular weight is 284 g/mol. The third-order valence-electron chi connectivity index (χ3n) is 3.49. The molecule has 3 aromatic rings. The zero-order valence-corrected chi connectivity index (χ0v) is 11.4. The van der Waals surface area contributed by atoms with Crippen molar-refractivity contribution in [1.29, 1.82) is 0 Å². The maximum atomic E-state index is 12.9. The number of benzene rings is 1. The number of fused-ring (bicyclic) bond motifs is 1.